The molecule has 0 unspecified atom stereocenters. The fraction of sp³-hybridized carbons (Fsp3) is 0.240. The molecule has 29 heavy (non-hydrogen) atoms. The minimum atomic E-state index is -2.87. The van der Waals surface area contributed by atoms with Crippen molar-refractivity contribution in [1.82, 2.24) is 5.32 Å². The zero-order valence-electron chi connectivity index (χ0n) is 27.6. The van der Waals surface area contributed by atoms with Crippen LogP contribution in [0.2, 0.25) is 0 Å². The van der Waals surface area contributed by atoms with E-state index in [9.17, 15) is 15.0 Å². The van der Waals surface area contributed by atoms with Gasteiger partial charge in [0.1, 0.15) is 0 Å². The van der Waals surface area contributed by atoms with Crippen molar-refractivity contribution >= 4 is 5.97 Å². The molecule has 4 heteroatoms. The van der Waals surface area contributed by atoms with Crippen molar-refractivity contribution < 1.29 is 31.5 Å². The number of hydrogen-bond acceptors (Lipinski definition) is 3. The second kappa shape index (κ2) is 10.0. The third-order valence-corrected chi connectivity index (χ3v) is 3.93. The SMILES string of the molecule is [2H]c1c([2H])c(CC([2H])([2H])C([2H])([2H])NC[C@H](O)c2cccc(C)c2)c([2H])c(-c2c([2H])c([2H])c([2H])c(C(=O)O)c2[2H])c1[2H]. The molecule has 3 N–H and O–H groups in total. The van der Waals surface area contributed by atoms with Crippen LogP contribution in [0, 0.1) is 6.92 Å². The van der Waals surface area contributed by atoms with E-state index in [2.05, 4.69) is 5.32 Å². The molecule has 0 saturated heterocycles. The van der Waals surface area contributed by atoms with Crippen LogP contribution in [0.15, 0.2) is 72.6 Å². The van der Waals surface area contributed by atoms with Gasteiger partial charge in [0.05, 0.1) is 22.6 Å². The summed E-state index contributed by atoms with van der Waals surface area (Å²) < 4.78 is 99.3. The second-order valence-corrected chi connectivity index (χ2v) is 6.20. The minimum Gasteiger partial charge on any atom is -0.478 e. The van der Waals surface area contributed by atoms with E-state index < -0.39 is 109 Å². The van der Waals surface area contributed by atoms with E-state index in [1.165, 1.54) is 0 Å². The topological polar surface area (TPSA) is 69.6 Å². The predicted molar refractivity (Wildman–Crippen MR) is 116 cm³/mol. The number of aryl methyl sites for hydroxylation is 1. The third-order valence-electron chi connectivity index (χ3n) is 3.93. The van der Waals surface area contributed by atoms with Gasteiger partial charge in [-0.3, -0.25) is 0 Å². The average molecular weight is 402 g/mol. The smallest absolute Gasteiger partial charge is 0.335 e. The molecule has 0 aliphatic carbocycles. The molecule has 0 amide bonds. The van der Waals surface area contributed by atoms with Crippen LogP contribution in [-0.4, -0.2) is 29.2 Å². The molecule has 0 bridgehead atoms. The van der Waals surface area contributed by atoms with E-state index in [1.807, 2.05) is 0 Å². The summed E-state index contributed by atoms with van der Waals surface area (Å²) in [6.07, 6.45) is -5.05. The molecule has 3 rings (SSSR count). The van der Waals surface area contributed by atoms with Gasteiger partial charge in [-0.15, -0.1) is 0 Å². The number of carboxylic acid groups (broad SMARTS) is 1. The predicted octanol–water partition coefficient (Wildman–Crippen LogP) is 4.62. The highest BCUT2D eigenvalue weighted by Crippen LogP contribution is 2.22. The Morgan fingerprint density at radius 1 is 1.17 bits per heavy atom. The molecular weight excluding hydrogens is 362 g/mol. The number of nitrogens with one attached hydrogen (secondary N) is 1. The molecule has 0 fully saturated rings. The van der Waals surface area contributed by atoms with Crippen LogP contribution < -0.4 is 5.32 Å². The lowest BCUT2D eigenvalue weighted by Gasteiger charge is -2.13. The highest BCUT2D eigenvalue weighted by atomic mass is 16.4. The highest BCUT2D eigenvalue weighted by molar-refractivity contribution is 5.89. The molecule has 150 valence electrons. The molecule has 3 aromatic carbocycles. The molecule has 0 spiro atoms. The van der Waals surface area contributed by atoms with Crippen molar-refractivity contribution in [3.05, 3.63) is 94.9 Å². The number of aromatic carboxylic acids is 1. The molecule has 0 heterocycles. The molecule has 0 aromatic heterocycles. The number of hydrogen-bond donors (Lipinski definition) is 3. The van der Waals surface area contributed by atoms with E-state index >= 15 is 0 Å². The molecule has 0 aliphatic heterocycles. The Kier molecular flexibility index (Phi) is 3.52. The number of aliphatic hydroxyl groups excluding tert-OH is 1. The number of carboxylic acids is 1. The molecule has 0 radical (unpaired) electrons. The maximum atomic E-state index is 11.7. The van der Waals surface area contributed by atoms with Crippen LogP contribution in [0.1, 0.15) is 56.0 Å². The lowest BCUT2D eigenvalue weighted by atomic mass is 9.99. The number of benzene rings is 3. The van der Waals surface area contributed by atoms with Gasteiger partial charge >= 0.3 is 5.97 Å². The van der Waals surface area contributed by atoms with Crippen LogP contribution in [-0.2, 0) is 6.42 Å². The number of aliphatic hydroxyl groups is 1. The zero-order valence-corrected chi connectivity index (χ0v) is 15.6. The first kappa shape index (κ1) is 10.2. The van der Waals surface area contributed by atoms with Gasteiger partial charge in [0.2, 0.25) is 0 Å². The molecule has 4 nitrogen and oxygen atoms in total. The third kappa shape index (κ3) is 6.01. The quantitative estimate of drug-likeness (QED) is 0.489. The minimum absolute atomic E-state index is 0.397. The summed E-state index contributed by atoms with van der Waals surface area (Å²) in [7, 11) is 0. The Balaban J connectivity index is 2.09. The summed E-state index contributed by atoms with van der Waals surface area (Å²) in [6, 6.07) is -0.130. The maximum absolute atomic E-state index is 11.7. The zero-order chi connectivity index (χ0) is 31.2. The van der Waals surface area contributed by atoms with Gasteiger partial charge in [-0.25, -0.2) is 4.79 Å². The Hall–Kier alpha value is -2.95. The second-order valence-electron chi connectivity index (χ2n) is 6.20. The largest absolute Gasteiger partial charge is 0.478 e. The van der Waals surface area contributed by atoms with Crippen molar-refractivity contribution in [3.8, 4) is 11.1 Å². The van der Waals surface area contributed by atoms with E-state index in [1.54, 1.807) is 31.2 Å². The van der Waals surface area contributed by atoms with E-state index in [4.69, 9.17) is 16.4 Å². The first-order valence-corrected chi connectivity index (χ1v) is 8.76. The summed E-state index contributed by atoms with van der Waals surface area (Å²) in [5.41, 5.74) is -1.58. The summed E-state index contributed by atoms with van der Waals surface area (Å²) >= 11 is 0. The lowest BCUT2D eigenvalue weighted by molar-refractivity contribution is 0.0697. The molecular formula is C25H27NO3. The van der Waals surface area contributed by atoms with Gasteiger partial charge in [-0.05, 0) is 60.6 Å². The van der Waals surface area contributed by atoms with Crippen LogP contribution in [0.3, 0.4) is 0 Å². The summed E-state index contributed by atoms with van der Waals surface area (Å²) in [5, 5.41) is 22.3. The van der Waals surface area contributed by atoms with Crippen molar-refractivity contribution in [2.45, 2.75) is 25.8 Å². The van der Waals surface area contributed by atoms with Crippen LogP contribution >= 0.6 is 0 Å². The van der Waals surface area contributed by atoms with Crippen molar-refractivity contribution in [2.24, 2.45) is 0 Å². The van der Waals surface area contributed by atoms with Gasteiger partial charge in [0.15, 0.2) is 0 Å². The lowest BCUT2D eigenvalue weighted by Crippen LogP contribution is -2.22. The van der Waals surface area contributed by atoms with E-state index in [0.29, 0.717) is 5.56 Å². The van der Waals surface area contributed by atoms with Crippen molar-refractivity contribution in [1.29, 1.82) is 0 Å². The fourth-order valence-electron chi connectivity index (χ4n) is 2.51. The fourth-order valence-corrected chi connectivity index (χ4v) is 2.51. The summed E-state index contributed by atoms with van der Waals surface area (Å²) in [4.78, 5) is 11.7. The standard InChI is InChI=1S/C25H27NO3/c1-18-6-2-11-22(14-18)24(27)17-26-13-5-8-19-7-3-9-20(15-19)21-10-4-12-23(16-21)25(28)29/h2-4,6-7,9-12,14-16,24,26-27H,5,8,13,17H2,1H3,(H,28,29)/t24-/m0/s1/i3D,4D,5D2,7D,9D,10D,12D,13D2,15D,16D. The average Bonchev–Trinajstić information content (AvgIpc) is 2.89. The Morgan fingerprint density at radius 3 is 2.69 bits per heavy atom. The molecule has 0 saturated carbocycles. The molecule has 3 aromatic rings. The van der Waals surface area contributed by atoms with Gasteiger partial charge in [-0.2, -0.15) is 0 Å². The van der Waals surface area contributed by atoms with E-state index in [-0.39, 0.29) is 0 Å². The molecule has 0 aliphatic rings. The Bertz CT molecular complexity index is 1530. The van der Waals surface area contributed by atoms with Crippen LogP contribution in [0.25, 0.3) is 11.1 Å². The first-order valence-electron chi connectivity index (χ1n) is 14.8. The summed E-state index contributed by atoms with van der Waals surface area (Å²) in [6.45, 7) is -1.44. The summed E-state index contributed by atoms with van der Waals surface area (Å²) in [5.74, 6) is -1.76. The first-order chi connectivity index (χ1) is 18.8. The highest BCUT2D eigenvalue weighted by Gasteiger charge is 2.07. The van der Waals surface area contributed by atoms with E-state index in [0.717, 1.165) is 5.56 Å². The van der Waals surface area contributed by atoms with Crippen LogP contribution in [0.5, 0.6) is 0 Å². The molecule has 1 atom stereocenters. The Labute approximate surface area is 188 Å². The van der Waals surface area contributed by atoms with Crippen molar-refractivity contribution in [3.63, 3.8) is 0 Å². The number of rotatable bonds is 9. The number of carbonyl (C=O) groups is 1. The normalized spacial score (nSPS) is 18.8. The van der Waals surface area contributed by atoms with Gasteiger partial charge in [0, 0.05) is 12.0 Å². The van der Waals surface area contributed by atoms with Gasteiger partial charge in [0.25, 0.3) is 0 Å². The van der Waals surface area contributed by atoms with Gasteiger partial charge < -0.3 is 15.5 Å². The monoisotopic (exact) mass is 401 g/mol. The van der Waals surface area contributed by atoms with Crippen LogP contribution in [0.4, 0.5) is 0 Å². The maximum Gasteiger partial charge on any atom is 0.335 e. The van der Waals surface area contributed by atoms with Crippen molar-refractivity contribution in [2.75, 3.05) is 13.0 Å². The Morgan fingerprint density at radius 2 is 1.93 bits per heavy atom. The van der Waals surface area contributed by atoms with Gasteiger partial charge in [-0.1, -0.05) is 66.1 Å².